The van der Waals surface area contributed by atoms with Crippen LogP contribution in [0, 0.1) is 13.8 Å². The zero-order valence-electron chi connectivity index (χ0n) is 14.2. The SMILES string of the molecule is Cc1ccc(C(=O)NCC(=O)OCC(=O)OC(C)(C)C)cc1C. The van der Waals surface area contributed by atoms with Crippen LogP contribution in [0.3, 0.4) is 0 Å². The predicted molar refractivity (Wildman–Crippen MR) is 85.1 cm³/mol. The maximum absolute atomic E-state index is 11.9. The highest BCUT2D eigenvalue weighted by Gasteiger charge is 2.18. The molecule has 0 aliphatic rings. The van der Waals surface area contributed by atoms with Crippen molar-refractivity contribution >= 4 is 17.8 Å². The summed E-state index contributed by atoms with van der Waals surface area (Å²) in [5.41, 5.74) is 1.90. The average molecular weight is 321 g/mol. The summed E-state index contributed by atoms with van der Waals surface area (Å²) in [6.07, 6.45) is 0. The second kappa shape index (κ2) is 7.76. The molecule has 126 valence electrons. The van der Waals surface area contributed by atoms with Gasteiger partial charge in [0.15, 0.2) is 6.61 Å². The van der Waals surface area contributed by atoms with Crippen LogP contribution in [0.15, 0.2) is 18.2 Å². The molecule has 0 atom stereocenters. The molecule has 0 heterocycles. The average Bonchev–Trinajstić information content (AvgIpc) is 2.43. The number of hydrogen-bond donors (Lipinski definition) is 1. The number of rotatable bonds is 5. The Morgan fingerprint density at radius 1 is 1.04 bits per heavy atom. The van der Waals surface area contributed by atoms with Crippen molar-refractivity contribution < 1.29 is 23.9 Å². The van der Waals surface area contributed by atoms with E-state index in [-0.39, 0.29) is 12.5 Å². The third-order valence-corrected chi connectivity index (χ3v) is 2.93. The molecule has 0 aromatic heterocycles. The topological polar surface area (TPSA) is 81.7 Å². The number of esters is 2. The first-order valence-corrected chi connectivity index (χ1v) is 7.31. The van der Waals surface area contributed by atoms with Crippen LogP contribution in [0.5, 0.6) is 0 Å². The Bertz CT molecular complexity index is 601. The number of amides is 1. The Morgan fingerprint density at radius 3 is 2.26 bits per heavy atom. The lowest BCUT2D eigenvalue weighted by Crippen LogP contribution is -2.33. The van der Waals surface area contributed by atoms with Gasteiger partial charge < -0.3 is 14.8 Å². The maximum atomic E-state index is 11.9. The van der Waals surface area contributed by atoms with Crippen LogP contribution >= 0.6 is 0 Å². The van der Waals surface area contributed by atoms with Crippen LogP contribution in [0.4, 0.5) is 0 Å². The van der Waals surface area contributed by atoms with Crippen LogP contribution in [0.1, 0.15) is 42.3 Å². The number of benzene rings is 1. The van der Waals surface area contributed by atoms with Crippen molar-refractivity contribution in [3.63, 3.8) is 0 Å². The molecule has 0 saturated carbocycles. The van der Waals surface area contributed by atoms with Gasteiger partial charge in [-0.15, -0.1) is 0 Å². The Labute approximate surface area is 136 Å². The molecule has 1 aromatic rings. The number of carbonyl (C=O) groups is 3. The third-order valence-electron chi connectivity index (χ3n) is 2.93. The third kappa shape index (κ3) is 6.95. The van der Waals surface area contributed by atoms with E-state index in [9.17, 15) is 14.4 Å². The predicted octanol–water partition coefficient (Wildman–Crippen LogP) is 1.92. The molecule has 0 aliphatic heterocycles. The second-order valence-electron chi connectivity index (χ2n) is 6.23. The summed E-state index contributed by atoms with van der Waals surface area (Å²) in [6, 6.07) is 5.27. The maximum Gasteiger partial charge on any atom is 0.344 e. The van der Waals surface area contributed by atoms with Crippen molar-refractivity contribution in [3.05, 3.63) is 34.9 Å². The molecule has 0 unspecified atom stereocenters. The highest BCUT2D eigenvalue weighted by atomic mass is 16.6. The van der Waals surface area contributed by atoms with E-state index in [2.05, 4.69) is 5.32 Å². The van der Waals surface area contributed by atoms with Gasteiger partial charge in [0.1, 0.15) is 12.1 Å². The highest BCUT2D eigenvalue weighted by Crippen LogP contribution is 2.09. The quantitative estimate of drug-likeness (QED) is 0.838. The van der Waals surface area contributed by atoms with Crippen LogP contribution in [-0.4, -0.2) is 36.6 Å². The molecule has 1 aromatic carbocycles. The van der Waals surface area contributed by atoms with Gasteiger partial charge in [-0.25, -0.2) is 4.79 Å². The second-order valence-corrected chi connectivity index (χ2v) is 6.23. The Kier molecular flexibility index (Phi) is 6.30. The summed E-state index contributed by atoms with van der Waals surface area (Å²) < 4.78 is 9.75. The first-order valence-electron chi connectivity index (χ1n) is 7.31. The smallest absolute Gasteiger partial charge is 0.344 e. The van der Waals surface area contributed by atoms with Crippen LogP contribution in [0.25, 0.3) is 0 Å². The number of aryl methyl sites for hydroxylation is 2. The molecule has 1 rings (SSSR count). The van der Waals surface area contributed by atoms with Gasteiger partial charge in [-0.1, -0.05) is 6.07 Å². The van der Waals surface area contributed by atoms with Gasteiger partial charge in [-0.2, -0.15) is 0 Å². The molecule has 0 saturated heterocycles. The number of ether oxygens (including phenoxy) is 2. The first-order chi connectivity index (χ1) is 10.6. The zero-order valence-corrected chi connectivity index (χ0v) is 14.2. The van der Waals surface area contributed by atoms with Gasteiger partial charge in [-0.05, 0) is 57.9 Å². The van der Waals surface area contributed by atoms with Crippen molar-refractivity contribution in [1.82, 2.24) is 5.32 Å². The summed E-state index contributed by atoms with van der Waals surface area (Å²) in [4.78, 5) is 34.9. The Balaban J connectivity index is 2.39. The van der Waals surface area contributed by atoms with E-state index in [4.69, 9.17) is 9.47 Å². The van der Waals surface area contributed by atoms with Gasteiger partial charge in [-0.3, -0.25) is 9.59 Å². The van der Waals surface area contributed by atoms with Crippen molar-refractivity contribution in [2.45, 2.75) is 40.2 Å². The van der Waals surface area contributed by atoms with Gasteiger partial charge in [0.2, 0.25) is 0 Å². The highest BCUT2D eigenvalue weighted by molar-refractivity contribution is 5.96. The summed E-state index contributed by atoms with van der Waals surface area (Å²) in [5, 5.41) is 2.45. The molecule has 0 radical (unpaired) electrons. The van der Waals surface area contributed by atoms with E-state index >= 15 is 0 Å². The number of carbonyl (C=O) groups excluding carboxylic acids is 3. The first kappa shape index (κ1) is 18.7. The van der Waals surface area contributed by atoms with Gasteiger partial charge >= 0.3 is 11.9 Å². The lowest BCUT2D eigenvalue weighted by molar-refractivity contribution is -0.166. The normalized spacial score (nSPS) is 10.8. The molecule has 1 amide bonds. The monoisotopic (exact) mass is 321 g/mol. The zero-order chi connectivity index (χ0) is 17.6. The summed E-state index contributed by atoms with van der Waals surface area (Å²) >= 11 is 0. The lowest BCUT2D eigenvalue weighted by Gasteiger charge is -2.19. The molecular weight excluding hydrogens is 298 g/mol. The van der Waals surface area contributed by atoms with Crippen LogP contribution in [0.2, 0.25) is 0 Å². The van der Waals surface area contributed by atoms with Crippen molar-refractivity contribution in [2.24, 2.45) is 0 Å². The van der Waals surface area contributed by atoms with E-state index in [0.29, 0.717) is 5.56 Å². The van der Waals surface area contributed by atoms with Crippen LogP contribution in [-0.2, 0) is 19.1 Å². The fraction of sp³-hybridized carbons (Fsp3) is 0.471. The van der Waals surface area contributed by atoms with E-state index in [0.717, 1.165) is 11.1 Å². The molecular formula is C17H23NO5. The molecule has 23 heavy (non-hydrogen) atoms. The molecule has 0 fully saturated rings. The van der Waals surface area contributed by atoms with E-state index in [1.54, 1.807) is 32.9 Å². The number of nitrogens with one attached hydrogen (secondary N) is 1. The summed E-state index contributed by atoms with van der Waals surface area (Å²) in [5.74, 6) is -1.71. The standard InChI is InChI=1S/C17H23NO5/c1-11-6-7-13(8-12(11)2)16(21)18-9-14(19)22-10-15(20)23-17(3,4)5/h6-8H,9-10H2,1-5H3,(H,18,21). The van der Waals surface area contributed by atoms with Crippen molar-refractivity contribution in [2.75, 3.05) is 13.2 Å². The molecule has 6 heteroatoms. The lowest BCUT2D eigenvalue weighted by atomic mass is 10.1. The van der Waals surface area contributed by atoms with E-state index in [1.807, 2.05) is 19.9 Å². The Morgan fingerprint density at radius 2 is 1.70 bits per heavy atom. The van der Waals surface area contributed by atoms with Gasteiger partial charge in [0.25, 0.3) is 5.91 Å². The number of hydrogen-bond acceptors (Lipinski definition) is 5. The van der Waals surface area contributed by atoms with Gasteiger partial charge in [0.05, 0.1) is 0 Å². The summed E-state index contributed by atoms with van der Waals surface area (Å²) in [7, 11) is 0. The van der Waals surface area contributed by atoms with E-state index < -0.39 is 24.1 Å². The van der Waals surface area contributed by atoms with Gasteiger partial charge in [0, 0.05) is 5.56 Å². The minimum absolute atomic E-state index is 0.311. The molecule has 6 nitrogen and oxygen atoms in total. The molecule has 0 spiro atoms. The Hall–Kier alpha value is -2.37. The van der Waals surface area contributed by atoms with E-state index in [1.165, 1.54) is 0 Å². The minimum Gasteiger partial charge on any atom is -0.457 e. The minimum atomic E-state index is -0.701. The van der Waals surface area contributed by atoms with Crippen molar-refractivity contribution in [3.8, 4) is 0 Å². The molecule has 1 N–H and O–H groups in total. The fourth-order valence-electron chi connectivity index (χ4n) is 1.70. The summed E-state index contributed by atoms with van der Waals surface area (Å²) in [6.45, 7) is 8.22. The van der Waals surface area contributed by atoms with Crippen molar-refractivity contribution in [1.29, 1.82) is 0 Å². The molecule has 0 bridgehead atoms. The van der Waals surface area contributed by atoms with Crippen LogP contribution < -0.4 is 5.32 Å². The largest absolute Gasteiger partial charge is 0.457 e. The molecule has 0 aliphatic carbocycles. The fourth-order valence-corrected chi connectivity index (χ4v) is 1.70.